The Morgan fingerprint density at radius 1 is 1.67 bits per heavy atom. The SMILES string of the molecule is C=CCOC(=O)N1CC[C@H]2C[C@]21C(=O)O. The van der Waals surface area contributed by atoms with Gasteiger partial charge in [-0.1, -0.05) is 12.7 Å². The van der Waals surface area contributed by atoms with Gasteiger partial charge in [-0.2, -0.15) is 0 Å². The van der Waals surface area contributed by atoms with Crippen molar-refractivity contribution in [3.63, 3.8) is 0 Å². The van der Waals surface area contributed by atoms with Crippen LogP contribution in [0, 0.1) is 5.92 Å². The highest BCUT2D eigenvalue weighted by Gasteiger charge is 2.69. The number of nitrogens with zero attached hydrogens (tertiary/aromatic N) is 1. The summed E-state index contributed by atoms with van der Waals surface area (Å²) in [5, 5.41) is 9.09. The summed E-state index contributed by atoms with van der Waals surface area (Å²) in [6, 6.07) is 0. The number of aliphatic carboxylic acids is 1. The zero-order chi connectivity index (χ0) is 11.1. The van der Waals surface area contributed by atoms with Crippen LogP contribution in [0.2, 0.25) is 0 Å². The fourth-order valence-corrected chi connectivity index (χ4v) is 2.31. The van der Waals surface area contributed by atoms with Gasteiger partial charge in [-0.25, -0.2) is 9.59 Å². The van der Waals surface area contributed by atoms with Gasteiger partial charge in [0, 0.05) is 6.54 Å². The monoisotopic (exact) mass is 211 g/mol. The van der Waals surface area contributed by atoms with E-state index >= 15 is 0 Å². The van der Waals surface area contributed by atoms with Crippen LogP contribution in [0.25, 0.3) is 0 Å². The first-order valence-corrected chi connectivity index (χ1v) is 4.91. The molecule has 0 aromatic carbocycles. The molecule has 1 saturated carbocycles. The molecule has 5 heteroatoms. The molecule has 1 amide bonds. The van der Waals surface area contributed by atoms with Crippen molar-refractivity contribution in [3.05, 3.63) is 12.7 Å². The van der Waals surface area contributed by atoms with Crippen LogP contribution in [-0.2, 0) is 9.53 Å². The van der Waals surface area contributed by atoms with Crippen LogP contribution in [-0.4, -0.2) is 40.8 Å². The molecule has 0 spiro atoms. The van der Waals surface area contributed by atoms with Crippen LogP contribution in [0.5, 0.6) is 0 Å². The number of likely N-dealkylation sites (tertiary alicyclic amines) is 1. The number of rotatable bonds is 3. The van der Waals surface area contributed by atoms with Gasteiger partial charge in [0.1, 0.15) is 12.1 Å². The summed E-state index contributed by atoms with van der Waals surface area (Å²) in [5.74, 6) is -0.799. The molecule has 0 bridgehead atoms. The lowest BCUT2D eigenvalue weighted by Crippen LogP contribution is -2.45. The third-order valence-corrected chi connectivity index (χ3v) is 3.17. The van der Waals surface area contributed by atoms with Crippen LogP contribution >= 0.6 is 0 Å². The maximum atomic E-state index is 11.5. The molecule has 82 valence electrons. The third kappa shape index (κ3) is 1.30. The normalized spacial score (nSPS) is 32.0. The quantitative estimate of drug-likeness (QED) is 0.703. The highest BCUT2D eigenvalue weighted by Crippen LogP contribution is 2.55. The lowest BCUT2D eigenvalue weighted by molar-refractivity contribution is -0.144. The van der Waals surface area contributed by atoms with Gasteiger partial charge in [0.25, 0.3) is 0 Å². The molecule has 1 heterocycles. The van der Waals surface area contributed by atoms with E-state index in [4.69, 9.17) is 9.84 Å². The molecule has 2 fully saturated rings. The van der Waals surface area contributed by atoms with E-state index in [2.05, 4.69) is 6.58 Å². The Morgan fingerprint density at radius 3 is 2.93 bits per heavy atom. The fraction of sp³-hybridized carbons (Fsp3) is 0.600. The lowest BCUT2D eigenvalue weighted by Gasteiger charge is -2.23. The van der Waals surface area contributed by atoms with E-state index in [0.29, 0.717) is 13.0 Å². The van der Waals surface area contributed by atoms with Gasteiger partial charge in [-0.15, -0.1) is 0 Å². The molecule has 1 saturated heterocycles. The average molecular weight is 211 g/mol. The van der Waals surface area contributed by atoms with Gasteiger partial charge in [0.05, 0.1) is 0 Å². The Balaban J connectivity index is 2.06. The van der Waals surface area contributed by atoms with Crippen molar-refractivity contribution in [1.82, 2.24) is 4.90 Å². The van der Waals surface area contributed by atoms with Crippen molar-refractivity contribution in [2.45, 2.75) is 18.4 Å². The number of carbonyl (C=O) groups excluding carboxylic acids is 1. The number of hydrogen-bond acceptors (Lipinski definition) is 3. The number of piperidine rings is 1. The van der Waals surface area contributed by atoms with E-state index in [1.54, 1.807) is 0 Å². The number of ether oxygens (including phenoxy) is 1. The van der Waals surface area contributed by atoms with E-state index in [1.165, 1.54) is 11.0 Å². The molecular formula is C10H13NO4. The number of fused-ring (bicyclic) bond motifs is 1. The van der Waals surface area contributed by atoms with Crippen molar-refractivity contribution in [3.8, 4) is 0 Å². The number of carboxylic acid groups (broad SMARTS) is 1. The topological polar surface area (TPSA) is 66.8 Å². The van der Waals surface area contributed by atoms with Gasteiger partial charge >= 0.3 is 12.1 Å². The van der Waals surface area contributed by atoms with E-state index in [1.807, 2.05) is 0 Å². The minimum Gasteiger partial charge on any atom is -0.479 e. The van der Waals surface area contributed by atoms with E-state index in [0.717, 1.165) is 6.42 Å². The van der Waals surface area contributed by atoms with E-state index < -0.39 is 17.6 Å². The molecule has 5 nitrogen and oxygen atoms in total. The minimum atomic E-state index is -0.960. The highest BCUT2D eigenvalue weighted by molar-refractivity contribution is 5.89. The molecule has 0 radical (unpaired) electrons. The van der Waals surface area contributed by atoms with Crippen molar-refractivity contribution >= 4 is 12.1 Å². The molecule has 2 atom stereocenters. The summed E-state index contributed by atoms with van der Waals surface area (Å²) in [6.45, 7) is 4.03. The molecule has 1 aliphatic carbocycles. The summed E-state index contributed by atoms with van der Waals surface area (Å²) in [7, 11) is 0. The predicted octanol–water partition coefficient (Wildman–Crippen LogP) is 0.858. The first-order valence-electron chi connectivity index (χ1n) is 4.91. The molecular weight excluding hydrogens is 198 g/mol. The number of amides is 1. The first-order chi connectivity index (χ1) is 7.13. The average Bonchev–Trinajstić information content (AvgIpc) is 2.83. The van der Waals surface area contributed by atoms with Crippen molar-refractivity contribution in [1.29, 1.82) is 0 Å². The van der Waals surface area contributed by atoms with Gasteiger partial charge in [-0.3, -0.25) is 4.90 Å². The van der Waals surface area contributed by atoms with Crippen molar-refractivity contribution in [2.24, 2.45) is 5.92 Å². The zero-order valence-electron chi connectivity index (χ0n) is 8.31. The molecule has 0 aromatic rings. The Hall–Kier alpha value is -1.52. The summed E-state index contributed by atoms with van der Waals surface area (Å²) >= 11 is 0. The Morgan fingerprint density at radius 2 is 2.40 bits per heavy atom. The summed E-state index contributed by atoms with van der Waals surface area (Å²) in [4.78, 5) is 24.0. The molecule has 1 aliphatic heterocycles. The van der Waals surface area contributed by atoms with Crippen molar-refractivity contribution < 1.29 is 19.4 Å². The molecule has 15 heavy (non-hydrogen) atoms. The summed E-state index contributed by atoms with van der Waals surface area (Å²) < 4.78 is 4.85. The number of hydrogen-bond donors (Lipinski definition) is 1. The second kappa shape index (κ2) is 3.25. The second-order valence-electron chi connectivity index (χ2n) is 3.94. The minimum absolute atomic E-state index is 0.117. The molecule has 0 aromatic heterocycles. The molecule has 2 rings (SSSR count). The molecule has 1 N–H and O–H groups in total. The fourth-order valence-electron chi connectivity index (χ4n) is 2.31. The van der Waals surface area contributed by atoms with Gasteiger partial charge in [0.15, 0.2) is 0 Å². The van der Waals surface area contributed by atoms with Crippen LogP contribution in [0.1, 0.15) is 12.8 Å². The smallest absolute Gasteiger partial charge is 0.411 e. The largest absolute Gasteiger partial charge is 0.479 e. The Bertz CT molecular complexity index is 327. The maximum Gasteiger partial charge on any atom is 0.411 e. The van der Waals surface area contributed by atoms with Gasteiger partial charge < -0.3 is 9.84 Å². The maximum absolute atomic E-state index is 11.5. The lowest BCUT2D eigenvalue weighted by atomic mass is 10.2. The molecule has 0 unspecified atom stereocenters. The second-order valence-corrected chi connectivity index (χ2v) is 3.94. The summed E-state index contributed by atoms with van der Waals surface area (Å²) in [5.41, 5.74) is -0.960. The van der Waals surface area contributed by atoms with E-state index in [9.17, 15) is 9.59 Å². The summed E-state index contributed by atoms with van der Waals surface area (Å²) in [6.07, 6.45) is 2.24. The van der Waals surface area contributed by atoms with Gasteiger partial charge in [0.2, 0.25) is 0 Å². The predicted molar refractivity (Wildman–Crippen MR) is 51.3 cm³/mol. The van der Waals surface area contributed by atoms with Crippen LogP contribution in [0.15, 0.2) is 12.7 Å². The van der Waals surface area contributed by atoms with Gasteiger partial charge in [-0.05, 0) is 18.8 Å². The number of carboxylic acids is 1. The highest BCUT2D eigenvalue weighted by atomic mass is 16.6. The first kappa shape index (κ1) is 10.0. The zero-order valence-corrected chi connectivity index (χ0v) is 8.31. The van der Waals surface area contributed by atoms with Crippen LogP contribution in [0.3, 0.4) is 0 Å². The van der Waals surface area contributed by atoms with E-state index in [-0.39, 0.29) is 12.5 Å². The number of carbonyl (C=O) groups is 2. The Labute approximate surface area is 87.3 Å². The van der Waals surface area contributed by atoms with Crippen LogP contribution in [0.4, 0.5) is 4.79 Å². The van der Waals surface area contributed by atoms with Crippen molar-refractivity contribution in [2.75, 3.05) is 13.2 Å². The third-order valence-electron chi connectivity index (χ3n) is 3.17. The standard InChI is InChI=1S/C10H13NO4/c1-2-5-15-9(14)11-4-3-7-6-10(7,11)8(12)13/h2,7H,1,3-6H2,(H,12,13)/t7-,10+/m0/s1. The molecule has 2 aliphatic rings. The Kier molecular flexibility index (Phi) is 2.17. The van der Waals surface area contributed by atoms with Crippen LogP contribution < -0.4 is 0 Å².